The Morgan fingerprint density at radius 3 is 2.56 bits per heavy atom. The number of rotatable bonds is 5. The van der Waals surface area contributed by atoms with Crippen LogP contribution in [0.1, 0.15) is 23.6 Å². The first-order chi connectivity index (χ1) is 12.7. The van der Waals surface area contributed by atoms with Crippen LogP contribution >= 0.6 is 0 Å². The fourth-order valence-corrected chi connectivity index (χ4v) is 4.14. The number of benzene rings is 2. The molecule has 8 heteroatoms. The van der Waals surface area contributed by atoms with E-state index < -0.39 is 10.0 Å². The van der Waals surface area contributed by atoms with Crippen molar-refractivity contribution in [2.75, 3.05) is 14.2 Å². The number of ether oxygens (including phenoxy) is 2. The van der Waals surface area contributed by atoms with E-state index in [0.717, 1.165) is 11.1 Å². The van der Waals surface area contributed by atoms with Gasteiger partial charge in [-0.05, 0) is 54.8 Å². The molecule has 0 bridgehead atoms. The number of nitrogens with two attached hydrogens (primary N) is 1. The molecular weight excluding hydrogens is 371 g/mol. The van der Waals surface area contributed by atoms with E-state index in [1.54, 1.807) is 31.4 Å². The van der Waals surface area contributed by atoms with E-state index in [4.69, 9.17) is 14.6 Å². The van der Waals surface area contributed by atoms with Crippen LogP contribution in [-0.2, 0) is 29.5 Å². The molecule has 0 aromatic heterocycles. The molecular formula is C19H23FN2O4S. The van der Waals surface area contributed by atoms with Crippen LogP contribution in [0.4, 0.5) is 4.39 Å². The number of sulfonamides is 1. The Kier molecular flexibility index (Phi) is 5.41. The van der Waals surface area contributed by atoms with Gasteiger partial charge in [0.1, 0.15) is 22.2 Å². The van der Waals surface area contributed by atoms with Gasteiger partial charge in [0, 0.05) is 24.7 Å². The molecule has 0 amide bonds. The minimum Gasteiger partial charge on any atom is -0.497 e. The largest absolute Gasteiger partial charge is 0.497 e. The number of methoxy groups -OCH3 is 2. The summed E-state index contributed by atoms with van der Waals surface area (Å²) in [5, 5.41) is 5.30. The van der Waals surface area contributed by atoms with E-state index >= 15 is 0 Å². The maximum atomic E-state index is 14.2. The van der Waals surface area contributed by atoms with Crippen LogP contribution in [-0.4, -0.2) is 33.6 Å². The predicted molar refractivity (Wildman–Crippen MR) is 99.7 cm³/mol. The molecule has 0 fully saturated rings. The lowest BCUT2D eigenvalue weighted by Crippen LogP contribution is -2.38. The molecule has 6 nitrogen and oxygen atoms in total. The highest BCUT2D eigenvalue weighted by molar-refractivity contribution is 7.89. The molecule has 27 heavy (non-hydrogen) atoms. The molecule has 2 aromatic carbocycles. The van der Waals surface area contributed by atoms with Gasteiger partial charge in [-0.3, -0.25) is 4.90 Å². The van der Waals surface area contributed by atoms with Gasteiger partial charge < -0.3 is 9.47 Å². The number of hydrogen-bond donors (Lipinski definition) is 1. The molecule has 1 aliphatic heterocycles. The first kappa shape index (κ1) is 19.6. The summed E-state index contributed by atoms with van der Waals surface area (Å²) in [4.78, 5) is 2.12. The van der Waals surface area contributed by atoms with Crippen LogP contribution in [0.5, 0.6) is 11.5 Å². The molecule has 1 aliphatic rings. The number of halogens is 1. The summed E-state index contributed by atoms with van der Waals surface area (Å²) in [6, 6.07) is 8.08. The standard InChI is InChI=1S/C19H23FN2O4S/c1-12-6-13-9-19(27(21,23)24)18(26-3)8-14(13)10-22(12)11-15-7-16(25-2)4-5-17(15)20/h4-5,7-9,12H,6,10-11H2,1-3H3,(H2,21,23,24). The second-order valence-electron chi connectivity index (χ2n) is 6.73. The van der Waals surface area contributed by atoms with Crippen LogP contribution in [0.2, 0.25) is 0 Å². The van der Waals surface area contributed by atoms with Gasteiger partial charge in [0.2, 0.25) is 10.0 Å². The molecule has 0 aliphatic carbocycles. The van der Waals surface area contributed by atoms with Gasteiger partial charge in [0.25, 0.3) is 0 Å². The van der Waals surface area contributed by atoms with Gasteiger partial charge >= 0.3 is 0 Å². The molecule has 0 saturated heterocycles. The van der Waals surface area contributed by atoms with Crippen molar-refractivity contribution < 1.29 is 22.3 Å². The van der Waals surface area contributed by atoms with Gasteiger partial charge in [0.15, 0.2) is 0 Å². The second kappa shape index (κ2) is 7.46. The Labute approximate surface area is 158 Å². The number of fused-ring (bicyclic) bond motifs is 1. The third-order valence-corrected chi connectivity index (χ3v) is 5.86. The van der Waals surface area contributed by atoms with Crippen molar-refractivity contribution in [3.63, 3.8) is 0 Å². The zero-order valence-corrected chi connectivity index (χ0v) is 16.3. The van der Waals surface area contributed by atoms with Gasteiger partial charge in [0.05, 0.1) is 14.2 Å². The average Bonchev–Trinajstić information content (AvgIpc) is 2.62. The second-order valence-corrected chi connectivity index (χ2v) is 8.26. The topological polar surface area (TPSA) is 81.9 Å². The maximum absolute atomic E-state index is 14.2. The van der Waals surface area contributed by atoms with E-state index in [-0.39, 0.29) is 22.5 Å². The molecule has 2 N–H and O–H groups in total. The van der Waals surface area contributed by atoms with Crippen molar-refractivity contribution in [3.05, 3.63) is 52.8 Å². The highest BCUT2D eigenvalue weighted by Crippen LogP contribution is 2.33. The number of hydrogen-bond acceptors (Lipinski definition) is 5. The van der Waals surface area contributed by atoms with Crippen molar-refractivity contribution in [3.8, 4) is 11.5 Å². The number of nitrogens with zero attached hydrogens (tertiary/aromatic N) is 1. The van der Waals surface area contributed by atoms with Crippen molar-refractivity contribution in [2.45, 2.75) is 37.4 Å². The summed E-state index contributed by atoms with van der Waals surface area (Å²) in [5.41, 5.74) is 2.41. The summed E-state index contributed by atoms with van der Waals surface area (Å²) in [5.74, 6) is 0.546. The Balaban J connectivity index is 1.92. The van der Waals surface area contributed by atoms with Crippen molar-refractivity contribution >= 4 is 10.0 Å². The van der Waals surface area contributed by atoms with E-state index in [1.165, 1.54) is 13.2 Å². The van der Waals surface area contributed by atoms with Crippen LogP contribution < -0.4 is 14.6 Å². The monoisotopic (exact) mass is 394 g/mol. The molecule has 1 heterocycles. The summed E-state index contributed by atoms with van der Waals surface area (Å²) in [6.07, 6.45) is 0.632. The first-order valence-electron chi connectivity index (χ1n) is 8.52. The highest BCUT2D eigenvalue weighted by atomic mass is 32.2. The molecule has 0 radical (unpaired) electrons. The molecule has 2 aromatic rings. The maximum Gasteiger partial charge on any atom is 0.241 e. The molecule has 0 saturated carbocycles. The van der Waals surface area contributed by atoms with E-state index in [0.29, 0.717) is 30.8 Å². The summed E-state index contributed by atoms with van der Waals surface area (Å²) < 4.78 is 48.2. The van der Waals surface area contributed by atoms with Crippen molar-refractivity contribution in [1.29, 1.82) is 0 Å². The Morgan fingerprint density at radius 1 is 1.19 bits per heavy atom. The molecule has 0 spiro atoms. The third kappa shape index (κ3) is 4.07. The lowest BCUT2D eigenvalue weighted by Gasteiger charge is -2.35. The molecule has 3 rings (SSSR count). The first-order valence-corrected chi connectivity index (χ1v) is 10.1. The number of primary sulfonamides is 1. The smallest absolute Gasteiger partial charge is 0.241 e. The SMILES string of the molecule is COc1ccc(F)c(CN2Cc3cc(OC)c(S(N)(=O)=O)cc3CC2C)c1. The quantitative estimate of drug-likeness (QED) is 0.842. The normalized spacial score (nSPS) is 17.4. The van der Waals surface area contributed by atoms with Gasteiger partial charge in [-0.2, -0.15) is 0 Å². The zero-order valence-electron chi connectivity index (χ0n) is 15.5. The van der Waals surface area contributed by atoms with Crippen molar-refractivity contribution in [1.82, 2.24) is 4.90 Å². The van der Waals surface area contributed by atoms with Crippen molar-refractivity contribution in [2.24, 2.45) is 5.14 Å². The van der Waals surface area contributed by atoms with Crippen LogP contribution in [0.3, 0.4) is 0 Å². The van der Waals surface area contributed by atoms with Gasteiger partial charge in [-0.25, -0.2) is 17.9 Å². The Bertz CT molecular complexity index is 962. The average molecular weight is 394 g/mol. The summed E-state index contributed by atoms with van der Waals surface area (Å²) in [6.45, 7) is 3.00. The molecule has 1 atom stereocenters. The highest BCUT2D eigenvalue weighted by Gasteiger charge is 2.27. The lowest BCUT2D eigenvalue weighted by atomic mass is 9.94. The fourth-order valence-electron chi connectivity index (χ4n) is 3.41. The molecule has 1 unspecified atom stereocenters. The molecule has 146 valence electrons. The lowest BCUT2D eigenvalue weighted by molar-refractivity contribution is 0.172. The minimum absolute atomic E-state index is 0.0109. The summed E-state index contributed by atoms with van der Waals surface area (Å²) >= 11 is 0. The van der Waals surface area contributed by atoms with Crippen LogP contribution in [0.25, 0.3) is 0 Å². The minimum atomic E-state index is -3.87. The fraction of sp³-hybridized carbons (Fsp3) is 0.368. The van der Waals surface area contributed by atoms with Gasteiger partial charge in [-0.15, -0.1) is 0 Å². The Morgan fingerprint density at radius 2 is 1.93 bits per heavy atom. The van der Waals surface area contributed by atoms with E-state index in [2.05, 4.69) is 4.90 Å². The van der Waals surface area contributed by atoms with Crippen LogP contribution in [0, 0.1) is 5.82 Å². The zero-order chi connectivity index (χ0) is 19.8. The Hall–Kier alpha value is -2.16. The predicted octanol–water partition coefficient (Wildman–Crippen LogP) is 2.44. The summed E-state index contributed by atoms with van der Waals surface area (Å²) in [7, 11) is -0.918. The van der Waals surface area contributed by atoms with Gasteiger partial charge in [-0.1, -0.05) is 0 Å². The van der Waals surface area contributed by atoms with E-state index in [1.807, 2.05) is 6.92 Å². The van der Waals surface area contributed by atoms with E-state index in [9.17, 15) is 12.8 Å². The van der Waals surface area contributed by atoms with Crippen LogP contribution in [0.15, 0.2) is 35.2 Å². The third-order valence-electron chi connectivity index (χ3n) is 4.93.